The van der Waals surface area contributed by atoms with E-state index in [9.17, 15) is 9.90 Å². The van der Waals surface area contributed by atoms with E-state index in [0.29, 0.717) is 24.3 Å². The molecule has 4 nitrogen and oxygen atoms in total. The van der Waals surface area contributed by atoms with Crippen LogP contribution < -0.4 is 4.74 Å². The van der Waals surface area contributed by atoms with Gasteiger partial charge in [0, 0.05) is 18.1 Å². The average Bonchev–Trinajstić information content (AvgIpc) is 2.61. The van der Waals surface area contributed by atoms with E-state index in [4.69, 9.17) is 9.47 Å². The molecule has 130 valence electrons. The molecule has 2 aromatic rings. The Morgan fingerprint density at radius 2 is 2.08 bits per heavy atom. The number of rotatable bonds is 5. The van der Waals surface area contributed by atoms with E-state index in [-0.39, 0.29) is 5.41 Å². The Morgan fingerprint density at radius 1 is 1.28 bits per heavy atom. The van der Waals surface area contributed by atoms with E-state index >= 15 is 0 Å². The number of hydrogen-bond acceptors (Lipinski definition) is 3. The molecule has 0 fully saturated rings. The molecule has 1 N–H and O–H groups in total. The predicted octanol–water partition coefficient (Wildman–Crippen LogP) is 4.24. The zero-order valence-electron chi connectivity index (χ0n) is 14.5. The minimum atomic E-state index is -0.924. The monoisotopic (exact) mass is 338 g/mol. The zero-order chi connectivity index (χ0) is 17.9. The number of methoxy groups -OCH3 is 1. The summed E-state index contributed by atoms with van der Waals surface area (Å²) in [6.45, 7) is 3.51. The molecule has 0 amide bonds. The quantitative estimate of drug-likeness (QED) is 0.829. The van der Waals surface area contributed by atoms with Crippen molar-refractivity contribution in [2.24, 2.45) is 0 Å². The van der Waals surface area contributed by atoms with Gasteiger partial charge in [0.2, 0.25) is 0 Å². The summed E-state index contributed by atoms with van der Waals surface area (Å²) < 4.78 is 11.2. The van der Waals surface area contributed by atoms with Gasteiger partial charge >= 0.3 is 5.97 Å². The van der Waals surface area contributed by atoms with Gasteiger partial charge in [0.1, 0.15) is 5.75 Å². The summed E-state index contributed by atoms with van der Waals surface area (Å²) in [5.41, 5.74) is 3.04. The first-order chi connectivity index (χ1) is 12.0. The van der Waals surface area contributed by atoms with Crippen LogP contribution in [0.25, 0.3) is 12.2 Å². The van der Waals surface area contributed by atoms with Gasteiger partial charge in [-0.05, 0) is 35.7 Å². The lowest BCUT2D eigenvalue weighted by atomic mass is 9.78. The van der Waals surface area contributed by atoms with Crippen molar-refractivity contribution in [3.8, 4) is 5.75 Å². The van der Waals surface area contributed by atoms with Crippen LogP contribution in [0, 0.1) is 0 Å². The lowest BCUT2D eigenvalue weighted by Gasteiger charge is -2.35. The molecule has 1 aliphatic rings. The summed E-state index contributed by atoms with van der Waals surface area (Å²) in [6, 6.07) is 13.0. The Balaban J connectivity index is 1.94. The lowest BCUT2D eigenvalue weighted by molar-refractivity contribution is 0.0696. The van der Waals surface area contributed by atoms with Crippen LogP contribution >= 0.6 is 0 Å². The van der Waals surface area contributed by atoms with Gasteiger partial charge in [0.25, 0.3) is 0 Å². The highest BCUT2D eigenvalue weighted by molar-refractivity contribution is 5.93. The van der Waals surface area contributed by atoms with Crippen LogP contribution in [0.1, 0.15) is 40.4 Å². The van der Waals surface area contributed by atoms with Crippen LogP contribution in [0.5, 0.6) is 5.75 Å². The largest absolute Gasteiger partial charge is 0.493 e. The van der Waals surface area contributed by atoms with Crippen LogP contribution in [-0.2, 0) is 10.2 Å². The number of carbonyl (C=O) groups is 1. The topological polar surface area (TPSA) is 55.8 Å². The maximum atomic E-state index is 11.3. The van der Waals surface area contributed by atoms with Gasteiger partial charge in [-0.25, -0.2) is 4.79 Å². The fraction of sp³-hybridized carbons (Fsp3) is 0.286. The summed E-state index contributed by atoms with van der Waals surface area (Å²) in [7, 11) is 1.72. The number of carboxylic acids is 1. The second-order valence-electron chi connectivity index (χ2n) is 6.57. The predicted molar refractivity (Wildman–Crippen MR) is 98.1 cm³/mol. The van der Waals surface area contributed by atoms with Gasteiger partial charge in [0.05, 0.1) is 18.8 Å². The molecule has 25 heavy (non-hydrogen) atoms. The molecule has 2 aromatic carbocycles. The van der Waals surface area contributed by atoms with Gasteiger partial charge < -0.3 is 14.6 Å². The van der Waals surface area contributed by atoms with E-state index in [0.717, 1.165) is 23.3 Å². The van der Waals surface area contributed by atoms with E-state index in [2.05, 4.69) is 13.0 Å². The second kappa shape index (κ2) is 7.11. The van der Waals surface area contributed by atoms with Gasteiger partial charge in [-0.2, -0.15) is 0 Å². The molecule has 1 unspecified atom stereocenters. The summed E-state index contributed by atoms with van der Waals surface area (Å²) in [5.74, 6) is -0.0272. The first-order valence-electron chi connectivity index (χ1n) is 8.30. The summed E-state index contributed by atoms with van der Waals surface area (Å²) in [4.78, 5) is 11.3. The maximum absolute atomic E-state index is 11.3. The number of aromatic carboxylic acids is 1. The molecule has 0 saturated carbocycles. The van der Waals surface area contributed by atoms with Crippen molar-refractivity contribution in [3.63, 3.8) is 0 Å². The molecular weight excluding hydrogens is 316 g/mol. The Hall–Kier alpha value is -2.59. The Kier molecular flexibility index (Phi) is 4.91. The highest BCUT2D eigenvalue weighted by Gasteiger charge is 2.33. The standard InChI is InChI=1S/C21H22O4/c1-21(14-24-2)11-12-25-19-10-8-15(13-18(19)21)7-9-16-5-3-4-6-17(16)20(22)23/h3-10,13H,11-12,14H2,1-2H3,(H,22,23). The van der Waals surface area contributed by atoms with Crippen molar-refractivity contribution in [2.75, 3.05) is 20.3 Å². The Bertz CT molecular complexity index is 809. The number of fused-ring (bicyclic) bond motifs is 1. The molecule has 1 atom stereocenters. The molecule has 0 saturated heterocycles. The number of ether oxygens (including phenoxy) is 2. The molecule has 1 heterocycles. The lowest BCUT2D eigenvalue weighted by Crippen LogP contribution is -2.34. The van der Waals surface area contributed by atoms with Crippen LogP contribution in [0.3, 0.4) is 0 Å². The first-order valence-corrected chi connectivity index (χ1v) is 8.30. The number of benzene rings is 2. The smallest absolute Gasteiger partial charge is 0.336 e. The average molecular weight is 338 g/mol. The molecule has 0 bridgehead atoms. The van der Waals surface area contributed by atoms with Crippen molar-refractivity contribution < 1.29 is 19.4 Å². The molecule has 0 spiro atoms. The van der Waals surface area contributed by atoms with E-state index in [1.165, 1.54) is 0 Å². The second-order valence-corrected chi connectivity index (χ2v) is 6.57. The molecule has 1 aliphatic heterocycles. The van der Waals surface area contributed by atoms with Crippen molar-refractivity contribution in [2.45, 2.75) is 18.8 Å². The van der Waals surface area contributed by atoms with Gasteiger partial charge in [0.15, 0.2) is 0 Å². The van der Waals surface area contributed by atoms with Gasteiger partial charge in [-0.15, -0.1) is 0 Å². The van der Waals surface area contributed by atoms with Crippen LogP contribution in [0.15, 0.2) is 42.5 Å². The van der Waals surface area contributed by atoms with E-state index in [1.807, 2.05) is 30.4 Å². The first kappa shape index (κ1) is 17.2. The van der Waals surface area contributed by atoms with Crippen LogP contribution in [0.2, 0.25) is 0 Å². The normalized spacial score (nSPS) is 19.4. The Morgan fingerprint density at radius 3 is 2.84 bits per heavy atom. The minimum Gasteiger partial charge on any atom is -0.493 e. The third-order valence-corrected chi connectivity index (χ3v) is 4.67. The summed E-state index contributed by atoms with van der Waals surface area (Å²) >= 11 is 0. The summed E-state index contributed by atoms with van der Waals surface area (Å²) in [5, 5.41) is 9.28. The molecule has 0 aliphatic carbocycles. The van der Waals surface area contributed by atoms with E-state index < -0.39 is 5.97 Å². The van der Waals surface area contributed by atoms with Gasteiger partial charge in [-0.1, -0.05) is 43.3 Å². The highest BCUT2D eigenvalue weighted by Crippen LogP contribution is 2.39. The molecule has 3 rings (SSSR count). The third-order valence-electron chi connectivity index (χ3n) is 4.67. The summed E-state index contributed by atoms with van der Waals surface area (Å²) in [6.07, 6.45) is 4.68. The maximum Gasteiger partial charge on any atom is 0.336 e. The van der Waals surface area contributed by atoms with Crippen molar-refractivity contribution >= 4 is 18.1 Å². The SMILES string of the molecule is COCC1(C)CCOc2ccc(C=Cc3ccccc3C(=O)O)cc21. The fourth-order valence-electron chi connectivity index (χ4n) is 3.26. The van der Waals surface area contributed by atoms with E-state index in [1.54, 1.807) is 25.3 Å². The molecule has 0 aromatic heterocycles. The Labute approximate surface area is 147 Å². The van der Waals surface area contributed by atoms with Crippen molar-refractivity contribution in [1.29, 1.82) is 0 Å². The number of hydrogen-bond donors (Lipinski definition) is 1. The highest BCUT2D eigenvalue weighted by atomic mass is 16.5. The van der Waals surface area contributed by atoms with Gasteiger partial charge in [-0.3, -0.25) is 0 Å². The van der Waals surface area contributed by atoms with Crippen molar-refractivity contribution in [3.05, 3.63) is 64.7 Å². The molecule has 4 heteroatoms. The molecular formula is C21H22O4. The van der Waals surface area contributed by atoms with Crippen molar-refractivity contribution in [1.82, 2.24) is 0 Å². The minimum absolute atomic E-state index is 0.0782. The fourth-order valence-corrected chi connectivity index (χ4v) is 3.26. The van der Waals surface area contributed by atoms with Crippen LogP contribution in [-0.4, -0.2) is 31.4 Å². The number of carboxylic acid groups (broad SMARTS) is 1. The zero-order valence-corrected chi connectivity index (χ0v) is 14.5. The molecule has 0 radical (unpaired) electrons. The third kappa shape index (κ3) is 3.59. The van der Waals surface area contributed by atoms with Crippen LogP contribution in [0.4, 0.5) is 0 Å².